The molecule has 0 fully saturated rings. The second kappa shape index (κ2) is 7.84. The highest BCUT2D eigenvalue weighted by atomic mass is 16.5. The highest BCUT2D eigenvalue weighted by Gasteiger charge is 2.10. The maximum atomic E-state index is 12.3. The summed E-state index contributed by atoms with van der Waals surface area (Å²) in [7, 11) is 1.54. The first-order valence-electron chi connectivity index (χ1n) is 7.12. The highest BCUT2D eigenvalue weighted by molar-refractivity contribution is 6.05. The van der Waals surface area contributed by atoms with Crippen LogP contribution in [-0.4, -0.2) is 25.7 Å². The summed E-state index contributed by atoms with van der Waals surface area (Å²) in [5.41, 5.74) is 1.46. The third-order valence-electron chi connectivity index (χ3n) is 3.00. The average Bonchev–Trinajstić information content (AvgIpc) is 2.55. The van der Waals surface area contributed by atoms with Crippen molar-refractivity contribution < 1.29 is 19.1 Å². The minimum atomic E-state index is -0.560. The molecule has 0 unspecified atom stereocenters. The molecule has 2 rings (SSSR count). The summed E-state index contributed by atoms with van der Waals surface area (Å²) in [6, 6.07) is 13.7. The van der Waals surface area contributed by atoms with Gasteiger partial charge >= 0.3 is 6.09 Å². The first-order valence-corrected chi connectivity index (χ1v) is 7.12. The molecule has 0 spiro atoms. The van der Waals surface area contributed by atoms with Crippen LogP contribution in [0, 0.1) is 0 Å². The van der Waals surface area contributed by atoms with Crippen molar-refractivity contribution in [2.24, 2.45) is 0 Å². The van der Waals surface area contributed by atoms with E-state index in [0.717, 1.165) is 0 Å². The number of hydrogen-bond acceptors (Lipinski definition) is 4. The lowest BCUT2D eigenvalue weighted by atomic mass is 10.2. The van der Waals surface area contributed by atoms with E-state index in [1.54, 1.807) is 49.4 Å². The highest BCUT2D eigenvalue weighted by Crippen LogP contribution is 2.24. The van der Waals surface area contributed by atoms with E-state index in [1.807, 2.05) is 6.07 Å². The van der Waals surface area contributed by atoms with Crippen LogP contribution in [0.4, 0.5) is 16.2 Å². The minimum absolute atomic E-state index is 0.278. The first-order chi connectivity index (χ1) is 11.1. The Bertz CT molecular complexity index is 700. The number of rotatable bonds is 5. The van der Waals surface area contributed by atoms with Crippen molar-refractivity contribution in [1.82, 2.24) is 0 Å². The van der Waals surface area contributed by atoms with E-state index >= 15 is 0 Å². The van der Waals surface area contributed by atoms with E-state index in [-0.39, 0.29) is 12.5 Å². The Kier molecular flexibility index (Phi) is 5.57. The Morgan fingerprint density at radius 2 is 1.83 bits per heavy atom. The number of carbonyl (C=O) groups is 2. The van der Waals surface area contributed by atoms with Gasteiger partial charge in [-0.3, -0.25) is 10.1 Å². The van der Waals surface area contributed by atoms with E-state index in [2.05, 4.69) is 10.6 Å². The summed E-state index contributed by atoms with van der Waals surface area (Å²) in [5.74, 6) is 0.267. The van der Waals surface area contributed by atoms with Crippen LogP contribution >= 0.6 is 0 Å². The zero-order valence-corrected chi connectivity index (χ0v) is 13.0. The molecule has 6 nitrogen and oxygen atoms in total. The van der Waals surface area contributed by atoms with Gasteiger partial charge in [0.05, 0.1) is 19.4 Å². The van der Waals surface area contributed by atoms with Crippen molar-refractivity contribution in [1.29, 1.82) is 0 Å². The molecule has 2 aromatic rings. The molecule has 0 heterocycles. The van der Waals surface area contributed by atoms with Crippen molar-refractivity contribution in [3.8, 4) is 5.75 Å². The Balaban J connectivity index is 2.12. The standard InChI is InChI=1S/C17H18N2O4/c1-3-23-17(21)18-13-8-6-7-12(11-13)16(20)19-14-9-4-5-10-15(14)22-2/h4-11H,3H2,1-2H3,(H,18,21)(H,19,20). The summed E-state index contributed by atoms with van der Waals surface area (Å²) < 4.78 is 10.0. The van der Waals surface area contributed by atoms with Gasteiger partial charge in [0.1, 0.15) is 5.75 Å². The second-order valence-corrected chi connectivity index (χ2v) is 4.58. The fourth-order valence-corrected chi connectivity index (χ4v) is 1.97. The molecule has 0 radical (unpaired) electrons. The summed E-state index contributed by atoms with van der Waals surface area (Å²) in [6.45, 7) is 2.00. The number of anilines is 2. The van der Waals surface area contributed by atoms with Crippen LogP contribution in [0.15, 0.2) is 48.5 Å². The molecule has 0 saturated carbocycles. The molecule has 0 aliphatic carbocycles. The molecule has 0 bridgehead atoms. The number of carbonyl (C=O) groups excluding carboxylic acids is 2. The van der Waals surface area contributed by atoms with Gasteiger partial charge in [-0.05, 0) is 37.3 Å². The normalized spacial score (nSPS) is 9.83. The maximum Gasteiger partial charge on any atom is 0.411 e. The molecular formula is C17H18N2O4. The summed E-state index contributed by atoms with van der Waals surface area (Å²) in [6.07, 6.45) is -0.560. The smallest absolute Gasteiger partial charge is 0.411 e. The van der Waals surface area contributed by atoms with E-state index in [1.165, 1.54) is 7.11 Å². The van der Waals surface area contributed by atoms with Crippen LogP contribution in [-0.2, 0) is 4.74 Å². The van der Waals surface area contributed by atoms with Gasteiger partial charge in [-0.1, -0.05) is 18.2 Å². The lowest BCUT2D eigenvalue weighted by Crippen LogP contribution is -2.15. The Hall–Kier alpha value is -3.02. The fourth-order valence-electron chi connectivity index (χ4n) is 1.97. The quantitative estimate of drug-likeness (QED) is 0.885. The summed E-state index contributed by atoms with van der Waals surface area (Å²) in [4.78, 5) is 23.8. The molecule has 23 heavy (non-hydrogen) atoms. The fraction of sp³-hybridized carbons (Fsp3) is 0.176. The number of benzene rings is 2. The number of hydrogen-bond donors (Lipinski definition) is 2. The average molecular weight is 314 g/mol. The number of methoxy groups -OCH3 is 1. The first kappa shape index (κ1) is 16.4. The molecule has 0 aliphatic heterocycles. The van der Waals surface area contributed by atoms with Gasteiger partial charge in [-0.25, -0.2) is 4.79 Å². The van der Waals surface area contributed by atoms with Crippen LogP contribution < -0.4 is 15.4 Å². The van der Waals surface area contributed by atoms with Gasteiger partial charge in [0.15, 0.2) is 0 Å². The van der Waals surface area contributed by atoms with Crippen LogP contribution in [0.5, 0.6) is 5.75 Å². The lowest BCUT2D eigenvalue weighted by Gasteiger charge is -2.11. The number of nitrogens with one attached hydrogen (secondary N) is 2. The monoisotopic (exact) mass is 314 g/mol. The molecule has 0 aromatic heterocycles. The second-order valence-electron chi connectivity index (χ2n) is 4.58. The molecule has 2 N–H and O–H groups in total. The Morgan fingerprint density at radius 1 is 1.04 bits per heavy atom. The van der Waals surface area contributed by atoms with Gasteiger partial charge in [-0.2, -0.15) is 0 Å². The van der Waals surface area contributed by atoms with Gasteiger partial charge in [0.2, 0.25) is 0 Å². The third kappa shape index (κ3) is 4.47. The minimum Gasteiger partial charge on any atom is -0.495 e. The van der Waals surface area contributed by atoms with E-state index in [4.69, 9.17) is 9.47 Å². The van der Waals surface area contributed by atoms with Gasteiger partial charge in [0, 0.05) is 11.3 Å². The number of ether oxygens (including phenoxy) is 2. The van der Waals surface area contributed by atoms with Crippen molar-refractivity contribution in [3.63, 3.8) is 0 Å². The molecule has 2 amide bonds. The van der Waals surface area contributed by atoms with Crippen molar-refractivity contribution in [3.05, 3.63) is 54.1 Å². The van der Waals surface area contributed by atoms with Crippen LogP contribution in [0.1, 0.15) is 17.3 Å². The van der Waals surface area contributed by atoms with Gasteiger partial charge in [0.25, 0.3) is 5.91 Å². The van der Waals surface area contributed by atoms with Crippen molar-refractivity contribution >= 4 is 23.4 Å². The lowest BCUT2D eigenvalue weighted by molar-refractivity contribution is 0.102. The molecule has 6 heteroatoms. The van der Waals surface area contributed by atoms with Crippen LogP contribution in [0.2, 0.25) is 0 Å². The van der Waals surface area contributed by atoms with E-state index in [9.17, 15) is 9.59 Å². The van der Waals surface area contributed by atoms with Crippen molar-refractivity contribution in [2.45, 2.75) is 6.92 Å². The molecule has 0 aliphatic rings. The summed E-state index contributed by atoms with van der Waals surface area (Å²) in [5, 5.41) is 5.33. The van der Waals surface area contributed by atoms with Crippen molar-refractivity contribution in [2.75, 3.05) is 24.4 Å². The third-order valence-corrected chi connectivity index (χ3v) is 3.00. The predicted octanol–water partition coefficient (Wildman–Crippen LogP) is 3.52. The van der Waals surface area contributed by atoms with Crippen LogP contribution in [0.25, 0.3) is 0 Å². The number of amides is 2. The van der Waals surface area contributed by atoms with Gasteiger partial charge in [-0.15, -0.1) is 0 Å². The Morgan fingerprint density at radius 3 is 2.57 bits per heavy atom. The topological polar surface area (TPSA) is 76.7 Å². The molecular weight excluding hydrogens is 296 g/mol. The number of para-hydroxylation sites is 2. The maximum absolute atomic E-state index is 12.3. The molecule has 120 valence electrons. The largest absolute Gasteiger partial charge is 0.495 e. The van der Waals surface area contributed by atoms with Gasteiger partial charge < -0.3 is 14.8 Å². The Labute approximate surface area is 134 Å². The predicted molar refractivity (Wildman–Crippen MR) is 88.0 cm³/mol. The van der Waals surface area contributed by atoms with E-state index < -0.39 is 6.09 Å². The molecule has 2 aromatic carbocycles. The molecule has 0 atom stereocenters. The molecule has 0 saturated heterocycles. The van der Waals surface area contributed by atoms with Crippen LogP contribution in [0.3, 0.4) is 0 Å². The van der Waals surface area contributed by atoms with E-state index in [0.29, 0.717) is 22.7 Å². The SMILES string of the molecule is CCOC(=O)Nc1cccc(C(=O)Nc2ccccc2OC)c1. The summed E-state index contributed by atoms with van der Waals surface area (Å²) >= 11 is 0. The zero-order chi connectivity index (χ0) is 16.7. The zero-order valence-electron chi connectivity index (χ0n) is 13.0.